The van der Waals surface area contributed by atoms with E-state index < -0.39 is 26.0 Å². The zero-order chi connectivity index (χ0) is 7.07. The van der Waals surface area contributed by atoms with E-state index in [0.29, 0.717) is 0 Å². The number of hydrogen-bond donors (Lipinski definition) is 0. The van der Waals surface area contributed by atoms with Crippen molar-refractivity contribution < 1.29 is 8.78 Å². The van der Waals surface area contributed by atoms with Crippen molar-refractivity contribution in [2.24, 2.45) is 0 Å². The van der Waals surface area contributed by atoms with Crippen LogP contribution in [0, 0.1) is 0 Å². The Morgan fingerprint density at radius 2 is 1.78 bits per heavy atom. The summed E-state index contributed by atoms with van der Waals surface area (Å²) in [4.78, 5) is 4.16. The second kappa shape index (κ2) is 2.30. The van der Waals surface area contributed by atoms with E-state index >= 15 is 0 Å². The van der Waals surface area contributed by atoms with E-state index in [-0.39, 0.29) is 13.1 Å². The van der Waals surface area contributed by atoms with E-state index in [9.17, 15) is 8.78 Å². The van der Waals surface area contributed by atoms with E-state index in [2.05, 4.69) is 9.86 Å². The molecule has 0 aromatic heterocycles. The van der Waals surface area contributed by atoms with Crippen LogP contribution in [0.5, 0.6) is 0 Å². The van der Waals surface area contributed by atoms with Gasteiger partial charge in [-0.2, -0.15) is 0 Å². The molecule has 1 aliphatic rings. The molecule has 0 spiro atoms. The summed E-state index contributed by atoms with van der Waals surface area (Å²) in [6.07, 6.45) is 0. The van der Waals surface area contributed by atoms with E-state index in [1.54, 1.807) is 0 Å². The van der Waals surface area contributed by atoms with Crippen LogP contribution in [0.15, 0.2) is 0 Å². The molecular formula is C5H10F2IN. The third kappa shape index (κ3) is 1.73. The van der Waals surface area contributed by atoms with Crippen LogP contribution in [0.2, 0.25) is 0 Å². The average Bonchev–Trinajstić information content (AvgIpc) is 1.59. The Bertz CT molecular complexity index is 108. The second-order valence-electron chi connectivity index (χ2n) is 2.35. The first kappa shape index (κ1) is 7.65. The molecule has 1 aliphatic heterocycles. The van der Waals surface area contributed by atoms with Crippen LogP contribution in [0.25, 0.3) is 0 Å². The monoisotopic (exact) mass is 249 g/mol. The van der Waals surface area contributed by atoms with Crippen molar-refractivity contribution in [2.45, 2.75) is 5.92 Å². The molecule has 0 aromatic rings. The number of alkyl halides is 4. The van der Waals surface area contributed by atoms with Gasteiger partial charge in [-0.1, -0.05) is 0 Å². The third-order valence-electron chi connectivity index (χ3n) is 1.28. The molecule has 0 N–H and O–H groups in total. The van der Waals surface area contributed by atoms with Gasteiger partial charge in [0.1, 0.15) is 0 Å². The van der Waals surface area contributed by atoms with Crippen molar-refractivity contribution in [3.8, 4) is 0 Å². The van der Waals surface area contributed by atoms with Gasteiger partial charge in [0.25, 0.3) is 0 Å². The molecule has 1 nitrogen and oxygen atoms in total. The zero-order valence-electron chi connectivity index (χ0n) is 5.50. The fourth-order valence-corrected chi connectivity index (χ4v) is 3.06. The van der Waals surface area contributed by atoms with Gasteiger partial charge in [0.15, 0.2) is 0 Å². The standard InChI is InChI=1S/C5H10F2IN/c1-8(2)9-3-5(6,7)4-9/h3-4H2,1-2H3. The van der Waals surface area contributed by atoms with Gasteiger partial charge >= 0.3 is 60.9 Å². The maximum atomic E-state index is 12.1. The maximum absolute atomic E-state index is 12.1. The van der Waals surface area contributed by atoms with Gasteiger partial charge in [0.2, 0.25) is 0 Å². The van der Waals surface area contributed by atoms with Gasteiger partial charge in [-0.3, -0.25) is 0 Å². The van der Waals surface area contributed by atoms with Crippen LogP contribution in [0.4, 0.5) is 8.78 Å². The molecule has 56 valence electrons. The Morgan fingerprint density at radius 3 is 1.89 bits per heavy atom. The molecular weight excluding hydrogens is 239 g/mol. The number of rotatable bonds is 1. The molecule has 0 unspecified atom stereocenters. The molecule has 1 fully saturated rings. The number of hydrogen-bond acceptors (Lipinski definition) is 1. The van der Waals surface area contributed by atoms with Crippen LogP contribution < -0.4 is 0 Å². The molecule has 0 amide bonds. The number of nitrogens with zero attached hydrogens (tertiary/aromatic N) is 1. The Morgan fingerprint density at radius 1 is 1.33 bits per heavy atom. The van der Waals surface area contributed by atoms with Gasteiger partial charge in [0.05, 0.1) is 0 Å². The van der Waals surface area contributed by atoms with E-state index in [1.165, 1.54) is 0 Å². The normalized spacial score (nSPS) is 27.3. The molecule has 1 saturated heterocycles. The minimum atomic E-state index is -2.36. The van der Waals surface area contributed by atoms with Gasteiger partial charge in [0, 0.05) is 0 Å². The predicted octanol–water partition coefficient (Wildman–Crippen LogP) is 1.62. The van der Waals surface area contributed by atoms with Gasteiger partial charge in [-0.15, -0.1) is 0 Å². The van der Waals surface area contributed by atoms with Crippen LogP contribution >= 0.6 is 20.1 Å². The molecule has 0 bridgehead atoms. The van der Waals surface area contributed by atoms with Crippen molar-refractivity contribution in [3.63, 3.8) is 0 Å². The molecule has 1 heterocycles. The topological polar surface area (TPSA) is 3.24 Å². The summed E-state index contributed by atoms with van der Waals surface area (Å²) in [6, 6.07) is 0. The van der Waals surface area contributed by atoms with Crippen molar-refractivity contribution >= 4 is 20.1 Å². The fraction of sp³-hybridized carbons (Fsp3) is 1.00. The van der Waals surface area contributed by atoms with Gasteiger partial charge in [-0.25, -0.2) is 0 Å². The minimum absolute atomic E-state index is 0.0187. The number of halogens is 3. The van der Waals surface area contributed by atoms with E-state index in [4.69, 9.17) is 0 Å². The summed E-state index contributed by atoms with van der Waals surface area (Å²) in [5.74, 6) is -2.36. The van der Waals surface area contributed by atoms with Gasteiger partial charge < -0.3 is 0 Å². The summed E-state index contributed by atoms with van der Waals surface area (Å²) in [5, 5.41) is 0. The molecule has 0 aromatic carbocycles. The van der Waals surface area contributed by atoms with Crippen molar-refractivity contribution in [2.75, 3.05) is 23.0 Å². The van der Waals surface area contributed by atoms with E-state index in [1.807, 2.05) is 3.11 Å². The molecule has 9 heavy (non-hydrogen) atoms. The quantitative estimate of drug-likeness (QED) is 0.387. The Labute approximate surface area is 61.2 Å². The predicted molar refractivity (Wildman–Crippen MR) is 42.4 cm³/mol. The average molecular weight is 249 g/mol. The summed E-state index contributed by atoms with van der Waals surface area (Å²) in [7, 11) is 0. The zero-order valence-corrected chi connectivity index (χ0v) is 7.65. The second-order valence-corrected chi connectivity index (χ2v) is 7.80. The molecule has 0 aliphatic carbocycles. The van der Waals surface area contributed by atoms with Gasteiger partial charge in [-0.05, 0) is 0 Å². The summed E-state index contributed by atoms with van der Waals surface area (Å²) in [6.45, 7) is 0.0374. The third-order valence-corrected chi connectivity index (χ3v) is 4.70. The summed E-state index contributed by atoms with van der Waals surface area (Å²) in [5.41, 5.74) is 0. The molecule has 1 rings (SSSR count). The van der Waals surface area contributed by atoms with Crippen molar-refractivity contribution in [1.82, 2.24) is 3.11 Å². The fourth-order valence-electron chi connectivity index (χ4n) is 0.695. The van der Waals surface area contributed by atoms with Crippen LogP contribution in [-0.4, -0.2) is 32.0 Å². The Kier molecular flexibility index (Phi) is 1.96. The molecule has 0 saturated carbocycles. The van der Waals surface area contributed by atoms with Crippen LogP contribution in [-0.2, 0) is 0 Å². The first-order valence-electron chi connectivity index (χ1n) is 2.64. The Hall–Kier alpha value is 0.550. The SMILES string of the molecule is CI(C)N1CC(F)(F)C1. The first-order valence-corrected chi connectivity index (χ1v) is 7.92. The first-order chi connectivity index (χ1) is 4.01. The van der Waals surface area contributed by atoms with Crippen LogP contribution in [0.1, 0.15) is 0 Å². The van der Waals surface area contributed by atoms with Crippen molar-refractivity contribution in [1.29, 1.82) is 0 Å². The summed E-state index contributed by atoms with van der Waals surface area (Å²) >= 11 is -1.06. The Balaban J connectivity index is 2.27. The summed E-state index contributed by atoms with van der Waals surface area (Å²) < 4.78 is 26.2. The molecule has 0 radical (unpaired) electrons. The molecule has 4 heteroatoms. The van der Waals surface area contributed by atoms with Crippen molar-refractivity contribution in [3.05, 3.63) is 0 Å². The molecule has 0 atom stereocenters. The van der Waals surface area contributed by atoms with Crippen LogP contribution in [0.3, 0.4) is 0 Å². The van der Waals surface area contributed by atoms with E-state index in [0.717, 1.165) is 0 Å².